The molecule has 1 saturated carbocycles. The molecule has 0 radical (unpaired) electrons. The smallest absolute Gasteiger partial charge is 0.251 e. The van der Waals surface area contributed by atoms with Crippen LogP contribution in [0.4, 0.5) is 0 Å². The van der Waals surface area contributed by atoms with Gasteiger partial charge >= 0.3 is 0 Å². The molecule has 25 heavy (non-hydrogen) atoms. The van der Waals surface area contributed by atoms with Crippen LogP contribution in [0.5, 0.6) is 0 Å². The summed E-state index contributed by atoms with van der Waals surface area (Å²) in [5.74, 6) is -0.138. The molecule has 2 N–H and O–H groups in total. The van der Waals surface area contributed by atoms with E-state index in [2.05, 4.69) is 29.7 Å². The molecule has 1 unspecified atom stereocenters. The van der Waals surface area contributed by atoms with Gasteiger partial charge in [-0.15, -0.1) is 0 Å². The van der Waals surface area contributed by atoms with Crippen molar-refractivity contribution in [3.8, 4) is 0 Å². The number of hydrogen-bond donors (Lipinski definition) is 2. The SMILES string of the molecule is CC(NC1(CNC(=O)c2cc[n+]([O-])cc2)CCCC1)c1ccccc1. The summed E-state index contributed by atoms with van der Waals surface area (Å²) in [7, 11) is 0. The van der Waals surface area contributed by atoms with Gasteiger partial charge in [0.2, 0.25) is 0 Å². The first-order chi connectivity index (χ1) is 12.1. The van der Waals surface area contributed by atoms with E-state index in [4.69, 9.17) is 0 Å². The lowest BCUT2D eigenvalue weighted by molar-refractivity contribution is -0.605. The van der Waals surface area contributed by atoms with E-state index in [1.54, 1.807) is 12.1 Å². The molecule has 1 aromatic carbocycles. The van der Waals surface area contributed by atoms with Crippen molar-refractivity contribution in [2.75, 3.05) is 6.54 Å². The minimum absolute atomic E-state index is 0.0713. The van der Waals surface area contributed by atoms with Gasteiger partial charge in [-0.25, -0.2) is 0 Å². The molecular formula is C20H25N3O2. The number of carbonyl (C=O) groups excluding carboxylic acids is 1. The van der Waals surface area contributed by atoms with E-state index < -0.39 is 0 Å². The summed E-state index contributed by atoms with van der Waals surface area (Å²) >= 11 is 0. The van der Waals surface area contributed by atoms with Crippen molar-refractivity contribution in [3.05, 3.63) is 71.2 Å². The Morgan fingerprint density at radius 2 is 1.80 bits per heavy atom. The van der Waals surface area contributed by atoms with Crippen LogP contribution < -0.4 is 15.4 Å². The maximum atomic E-state index is 12.4. The summed E-state index contributed by atoms with van der Waals surface area (Å²) in [4.78, 5) is 12.4. The zero-order valence-corrected chi connectivity index (χ0v) is 14.6. The lowest BCUT2D eigenvalue weighted by Crippen LogP contribution is -2.52. The molecule has 0 aliphatic heterocycles. The van der Waals surface area contributed by atoms with Crippen molar-refractivity contribution in [1.29, 1.82) is 0 Å². The van der Waals surface area contributed by atoms with Crippen LogP contribution in [0.2, 0.25) is 0 Å². The predicted molar refractivity (Wildman–Crippen MR) is 96.9 cm³/mol. The van der Waals surface area contributed by atoms with Crippen LogP contribution in [0.3, 0.4) is 0 Å². The number of benzene rings is 1. The Hall–Kier alpha value is -2.40. The molecule has 0 saturated heterocycles. The number of rotatable bonds is 6. The Morgan fingerprint density at radius 1 is 1.16 bits per heavy atom. The van der Waals surface area contributed by atoms with Gasteiger partial charge in [-0.3, -0.25) is 4.79 Å². The fourth-order valence-corrected chi connectivity index (χ4v) is 3.62. The molecule has 5 heteroatoms. The van der Waals surface area contributed by atoms with E-state index in [-0.39, 0.29) is 17.5 Å². The van der Waals surface area contributed by atoms with Crippen molar-refractivity contribution < 1.29 is 9.52 Å². The topological polar surface area (TPSA) is 68.1 Å². The number of amides is 1. The number of nitrogens with one attached hydrogen (secondary N) is 2. The molecule has 3 rings (SSSR count). The second-order valence-electron chi connectivity index (χ2n) is 6.89. The Kier molecular flexibility index (Phi) is 5.34. The van der Waals surface area contributed by atoms with E-state index in [0.29, 0.717) is 16.8 Å². The van der Waals surface area contributed by atoms with Gasteiger partial charge in [-0.05, 0) is 25.3 Å². The first-order valence-corrected chi connectivity index (χ1v) is 8.88. The zero-order valence-electron chi connectivity index (χ0n) is 14.6. The van der Waals surface area contributed by atoms with E-state index in [0.717, 1.165) is 12.8 Å². The molecule has 0 bridgehead atoms. The summed E-state index contributed by atoms with van der Waals surface area (Å²) in [6.45, 7) is 2.76. The van der Waals surface area contributed by atoms with Crippen LogP contribution in [-0.4, -0.2) is 18.0 Å². The monoisotopic (exact) mass is 339 g/mol. The molecule has 1 heterocycles. The average Bonchev–Trinajstić information content (AvgIpc) is 3.10. The first kappa shape index (κ1) is 17.4. The maximum Gasteiger partial charge on any atom is 0.251 e. The highest BCUT2D eigenvalue weighted by atomic mass is 16.5. The molecule has 132 valence electrons. The number of pyridine rings is 1. The zero-order chi connectivity index (χ0) is 17.7. The molecule has 2 aromatic rings. The fourth-order valence-electron chi connectivity index (χ4n) is 3.62. The maximum absolute atomic E-state index is 12.4. The van der Waals surface area contributed by atoms with Crippen molar-refractivity contribution >= 4 is 5.91 Å². The summed E-state index contributed by atoms with van der Waals surface area (Å²) in [5.41, 5.74) is 1.69. The van der Waals surface area contributed by atoms with Crippen molar-refractivity contribution in [3.63, 3.8) is 0 Å². The Labute approximate surface area is 148 Å². The highest BCUT2D eigenvalue weighted by molar-refractivity contribution is 5.93. The molecule has 0 spiro atoms. The quantitative estimate of drug-likeness (QED) is 0.628. The predicted octanol–water partition coefficient (Wildman–Crippen LogP) is 2.71. The number of aromatic nitrogens is 1. The van der Waals surface area contributed by atoms with Crippen molar-refractivity contribution in [2.24, 2.45) is 0 Å². The van der Waals surface area contributed by atoms with Crippen LogP contribution in [0.25, 0.3) is 0 Å². The Morgan fingerprint density at radius 3 is 2.44 bits per heavy atom. The molecule has 1 atom stereocenters. The van der Waals surface area contributed by atoms with E-state index in [1.165, 1.54) is 30.8 Å². The molecule has 1 amide bonds. The minimum Gasteiger partial charge on any atom is -0.619 e. The van der Waals surface area contributed by atoms with Crippen molar-refractivity contribution in [1.82, 2.24) is 10.6 Å². The average molecular weight is 339 g/mol. The lowest BCUT2D eigenvalue weighted by Gasteiger charge is -2.34. The third-order valence-electron chi connectivity index (χ3n) is 5.03. The highest BCUT2D eigenvalue weighted by Crippen LogP contribution is 2.31. The van der Waals surface area contributed by atoms with Gasteiger partial charge in [0.15, 0.2) is 12.4 Å². The molecular weight excluding hydrogens is 314 g/mol. The summed E-state index contributed by atoms with van der Waals surface area (Å²) < 4.78 is 0.679. The third-order valence-corrected chi connectivity index (χ3v) is 5.03. The molecule has 1 fully saturated rings. The molecule has 1 aliphatic rings. The van der Waals surface area contributed by atoms with Gasteiger partial charge < -0.3 is 15.8 Å². The van der Waals surface area contributed by atoms with E-state index >= 15 is 0 Å². The lowest BCUT2D eigenvalue weighted by atomic mass is 9.94. The van der Waals surface area contributed by atoms with Crippen LogP contribution in [0.15, 0.2) is 54.9 Å². The standard InChI is InChI=1S/C20H25N3O2/c1-16(17-7-3-2-4-8-17)22-20(11-5-6-12-20)15-21-19(24)18-9-13-23(25)14-10-18/h2-4,7-10,13-14,16,22H,5-6,11-12,15H2,1H3,(H,21,24). The van der Waals surface area contributed by atoms with Crippen molar-refractivity contribution in [2.45, 2.75) is 44.2 Å². The summed E-state index contributed by atoms with van der Waals surface area (Å²) in [6, 6.07) is 13.7. The number of nitrogens with zero attached hydrogens (tertiary/aromatic N) is 1. The van der Waals surface area contributed by atoms with Gasteiger partial charge in [0, 0.05) is 30.3 Å². The van der Waals surface area contributed by atoms with E-state index in [1.807, 2.05) is 18.2 Å². The first-order valence-electron chi connectivity index (χ1n) is 8.88. The van der Waals surface area contributed by atoms with Crippen LogP contribution in [0, 0.1) is 5.21 Å². The van der Waals surface area contributed by atoms with Crippen LogP contribution >= 0.6 is 0 Å². The Balaban J connectivity index is 1.64. The molecule has 1 aromatic heterocycles. The second kappa shape index (κ2) is 7.66. The normalized spacial score (nSPS) is 17.2. The van der Waals surface area contributed by atoms with Gasteiger partial charge in [0.1, 0.15) is 0 Å². The molecule has 5 nitrogen and oxygen atoms in total. The fraction of sp³-hybridized carbons (Fsp3) is 0.400. The van der Waals surface area contributed by atoms with Gasteiger partial charge in [0.05, 0.1) is 5.56 Å². The van der Waals surface area contributed by atoms with E-state index in [9.17, 15) is 10.0 Å². The number of carbonyl (C=O) groups is 1. The minimum atomic E-state index is -0.138. The number of hydrogen-bond acceptors (Lipinski definition) is 3. The summed E-state index contributed by atoms with van der Waals surface area (Å²) in [6.07, 6.45) is 7.14. The second-order valence-corrected chi connectivity index (χ2v) is 6.89. The van der Waals surface area contributed by atoms with Gasteiger partial charge in [-0.1, -0.05) is 43.2 Å². The molecule has 1 aliphatic carbocycles. The Bertz CT molecular complexity index is 695. The van der Waals surface area contributed by atoms with Gasteiger partial charge in [-0.2, -0.15) is 4.73 Å². The highest BCUT2D eigenvalue weighted by Gasteiger charge is 2.35. The van der Waals surface area contributed by atoms with Crippen LogP contribution in [-0.2, 0) is 0 Å². The largest absolute Gasteiger partial charge is 0.619 e. The van der Waals surface area contributed by atoms with Crippen LogP contribution in [0.1, 0.15) is 54.6 Å². The van der Waals surface area contributed by atoms with Gasteiger partial charge in [0.25, 0.3) is 5.91 Å². The third kappa shape index (κ3) is 4.37. The summed E-state index contributed by atoms with van der Waals surface area (Å²) in [5, 5.41) is 17.9.